The molecule has 1 aliphatic heterocycles. The Hall–Kier alpha value is -1.12. The van der Waals surface area contributed by atoms with Crippen molar-refractivity contribution in [3.63, 3.8) is 0 Å². The van der Waals surface area contributed by atoms with Gasteiger partial charge in [-0.3, -0.25) is 9.69 Å². The Morgan fingerprint density at radius 3 is 2.88 bits per heavy atom. The quantitative estimate of drug-likeness (QED) is 0.687. The van der Waals surface area contributed by atoms with E-state index in [2.05, 4.69) is 11.0 Å². The van der Waals surface area contributed by atoms with E-state index in [1.807, 2.05) is 20.8 Å². The molecule has 0 radical (unpaired) electrons. The summed E-state index contributed by atoms with van der Waals surface area (Å²) in [5.41, 5.74) is -0.433. The molecule has 0 aromatic carbocycles. The van der Waals surface area contributed by atoms with Gasteiger partial charge in [0.05, 0.1) is 19.1 Å². The molecule has 0 N–H and O–H groups in total. The van der Waals surface area contributed by atoms with Crippen molar-refractivity contribution in [2.24, 2.45) is 0 Å². The SMILES string of the molecule is CC(C)(C)OC(=O)CCN1CCOC(C#N)C1. The monoisotopic (exact) mass is 240 g/mol. The summed E-state index contributed by atoms with van der Waals surface area (Å²) >= 11 is 0. The number of nitriles is 1. The van der Waals surface area contributed by atoms with Crippen LogP contribution in [0.3, 0.4) is 0 Å². The number of carbonyl (C=O) groups is 1. The van der Waals surface area contributed by atoms with Gasteiger partial charge in [-0.15, -0.1) is 0 Å². The van der Waals surface area contributed by atoms with Crippen LogP contribution in [0.2, 0.25) is 0 Å². The second-order valence-corrected chi connectivity index (χ2v) is 5.13. The predicted octanol–water partition coefficient (Wildman–Crippen LogP) is 0.943. The van der Waals surface area contributed by atoms with E-state index < -0.39 is 5.60 Å². The van der Waals surface area contributed by atoms with Gasteiger partial charge in [-0.25, -0.2) is 0 Å². The van der Waals surface area contributed by atoms with Crippen molar-refractivity contribution in [1.29, 1.82) is 5.26 Å². The topological polar surface area (TPSA) is 62.6 Å². The molecule has 17 heavy (non-hydrogen) atoms. The largest absolute Gasteiger partial charge is 0.460 e. The van der Waals surface area contributed by atoms with E-state index >= 15 is 0 Å². The first kappa shape index (κ1) is 13.9. The maximum absolute atomic E-state index is 11.5. The van der Waals surface area contributed by atoms with Gasteiger partial charge in [0.15, 0.2) is 6.10 Å². The fraction of sp³-hybridized carbons (Fsp3) is 0.833. The summed E-state index contributed by atoms with van der Waals surface area (Å²) in [6.07, 6.45) is -0.0162. The molecule has 1 heterocycles. The Kier molecular flexibility index (Phi) is 4.91. The van der Waals surface area contributed by atoms with Crippen LogP contribution >= 0.6 is 0 Å². The first-order valence-electron chi connectivity index (χ1n) is 5.86. The first-order chi connectivity index (χ1) is 7.90. The van der Waals surface area contributed by atoms with Crippen LogP contribution in [0.25, 0.3) is 0 Å². The molecule has 0 bridgehead atoms. The second-order valence-electron chi connectivity index (χ2n) is 5.13. The number of carbonyl (C=O) groups excluding carboxylic acids is 1. The lowest BCUT2D eigenvalue weighted by Gasteiger charge is -2.29. The second kappa shape index (κ2) is 5.99. The minimum atomic E-state index is -0.433. The third kappa shape index (κ3) is 5.66. The van der Waals surface area contributed by atoms with Crippen molar-refractivity contribution >= 4 is 5.97 Å². The van der Waals surface area contributed by atoms with E-state index in [1.165, 1.54) is 0 Å². The standard InChI is InChI=1S/C12H20N2O3/c1-12(2,3)17-11(15)4-5-14-6-7-16-10(8-13)9-14/h10H,4-7,9H2,1-3H3. The summed E-state index contributed by atoms with van der Waals surface area (Å²) in [6, 6.07) is 2.08. The molecule has 1 saturated heterocycles. The Bertz CT molecular complexity index is 304. The van der Waals surface area contributed by atoms with Gasteiger partial charge in [0, 0.05) is 19.6 Å². The Balaban J connectivity index is 2.26. The average molecular weight is 240 g/mol. The third-order valence-corrected chi connectivity index (χ3v) is 2.35. The van der Waals surface area contributed by atoms with E-state index in [4.69, 9.17) is 14.7 Å². The minimum absolute atomic E-state index is 0.197. The van der Waals surface area contributed by atoms with Crippen molar-refractivity contribution in [2.45, 2.75) is 38.9 Å². The number of esters is 1. The highest BCUT2D eigenvalue weighted by Gasteiger charge is 2.21. The smallest absolute Gasteiger partial charge is 0.307 e. The van der Waals surface area contributed by atoms with Crippen molar-refractivity contribution in [3.8, 4) is 6.07 Å². The normalized spacial score (nSPS) is 21.9. The minimum Gasteiger partial charge on any atom is -0.460 e. The fourth-order valence-electron chi connectivity index (χ4n) is 1.63. The zero-order valence-electron chi connectivity index (χ0n) is 10.7. The number of hydrogen-bond donors (Lipinski definition) is 0. The van der Waals surface area contributed by atoms with Crippen LogP contribution in [0.1, 0.15) is 27.2 Å². The van der Waals surface area contributed by atoms with Gasteiger partial charge in [-0.1, -0.05) is 0 Å². The first-order valence-corrected chi connectivity index (χ1v) is 5.86. The molecule has 1 unspecified atom stereocenters. The summed E-state index contributed by atoms with van der Waals surface area (Å²) in [6.45, 7) is 8.06. The molecule has 0 saturated carbocycles. The highest BCUT2D eigenvalue weighted by molar-refractivity contribution is 5.70. The summed E-state index contributed by atoms with van der Waals surface area (Å²) < 4.78 is 10.4. The van der Waals surface area contributed by atoms with Crippen LogP contribution in [-0.2, 0) is 14.3 Å². The lowest BCUT2D eigenvalue weighted by atomic mass is 10.2. The highest BCUT2D eigenvalue weighted by Crippen LogP contribution is 2.10. The van der Waals surface area contributed by atoms with Gasteiger partial charge >= 0.3 is 5.97 Å². The number of morpholine rings is 1. The number of hydrogen-bond acceptors (Lipinski definition) is 5. The van der Waals surface area contributed by atoms with E-state index in [0.29, 0.717) is 26.1 Å². The van der Waals surface area contributed by atoms with Gasteiger partial charge in [0.2, 0.25) is 0 Å². The summed E-state index contributed by atoms with van der Waals surface area (Å²) in [5, 5.41) is 8.75. The molecular weight excluding hydrogens is 220 g/mol. The van der Waals surface area contributed by atoms with Gasteiger partial charge in [-0.2, -0.15) is 5.26 Å². The van der Waals surface area contributed by atoms with Crippen molar-refractivity contribution < 1.29 is 14.3 Å². The molecule has 1 fully saturated rings. The van der Waals surface area contributed by atoms with Crippen molar-refractivity contribution in [3.05, 3.63) is 0 Å². The van der Waals surface area contributed by atoms with Gasteiger partial charge in [0.25, 0.3) is 0 Å². The zero-order chi connectivity index (χ0) is 12.9. The van der Waals surface area contributed by atoms with Crippen LogP contribution in [0.15, 0.2) is 0 Å². The number of ether oxygens (including phenoxy) is 2. The molecule has 0 spiro atoms. The van der Waals surface area contributed by atoms with E-state index in [1.54, 1.807) is 0 Å². The van der Waals surface area contributed by atoms with Gasteiger partial charge < -0.3 is 9.47 Å². The van der Waals surface area contributed by atoms with Gasteiger partial charge in [-0.05, 0) is 20.8 Å². The van der Waals surface area contributed by atoms with Crippen LogP contribution < -0.4 is 0 Å². The summed E-state index contributed by atoms with van der Waals surface area (Å²) in [5.74, 6) is -0.197. The Labute approximate surface area is 102 Å². The van der Waals surface area contributed by atoms with E-state index in [9.17, 15) is 4.79 Å². The zero-order valence-corrected chi connectivity index (χ0v) is 10.7. The molecule has 0 aromatic rings. The predicted molar refractivity (Wildman–Crippen MR) is 62.3 cm³/mol. The van der Waals surface area contributed by atoms with Crippen molar-refractivity contribution in [2.75, 3.05) is 26.2 Å². The lowest BCUT2D eigenvalue weighted by Crippen LogP contribution is -2.42. The summed E-state index contributed by atoms with van der Waals surface area (Å²) in [4.78, 5) is 13.6. The molecule has 5 heteroatoms. The molecule has 1 aliphatic rings. The molecule has 0 aliphatic carbocycles. The molecular formula is C12H20N2O3. The highest BCUT2D eigenvalue weighted by atomic mass is 16.6. The Morgan fingerprint density at radius 1 is 1.59 bits per heavy atom. The maximum Gasteiger partial charge on any atom is 0.307 e. The third-order valence-electron chi connectivity index (χ3n) is 2.35. The molecule has 1 rings (SSSR count). The lowest BCUT2D eigenvalue weighted by molar-refractivity contribution is -0.155. The molecule has 0 aromatic heterocycles. The van der Waals surface area contributed by atoms with E-state index in [0.717, 1.165) is 6.54 Å². The molecule has 5 nitrogen and oxygen atoms in total. The fourth-order valence-corrected chi connectivity index (χ4v) is 1.63. The van der Waals surface area contributed by atoms with E-state index in [-0.39, 0.29) is 12.1 Å². The maximum atomic E-state index is 11.5. The van der Waals surface area contributed by atoms with Gasteiger partial charge in [0.1, 0.15) is 5.60 Å². The molecule has 0 amide bonds. The van der Waals surface area contributed by atoms with Crippen molar-refractivity contribution in [1.82, 2.24) is 4.90 Å². The molecule has 1 atom stereocenters. The summed E-state index contributed by atoms with van der Waals surface area (Å²) in [7, 11) is 0. The number of rotatable bonds is 3. The average Bonchev–Trinajstić information content (AvgIpc) is 2.24. The van der Waals surface area contributed by atoms with Crippen LogP contribution in [0.5, 0.6) is 0 Å². The van der Waals surface area contributed by atoms with Crippen LogP contribution in [0, 0.1) is 11.3 Å². The van der Waals surface area contributed by atoms with Crippen LogP contribution in [0.4, 0.5) is 0 Å². The Morgan fingerprint density at radius 2 is 2.29 bits per heavy atom. The number of nitrogens with zero attached hydrogens (tertiary/aromatic N) is 2. The van der Waals surface area contributed by atoms with Crippen LogP contribution in [-0.4, -0.2) is 48.8 Å². The molecule has 96 valence electrons.